The Morgan fingerprint density at radius 2 is 0.533 bits per heavy atom. The van der Waals surface area contributed by atoms with Gasteiger partial charge in [-0.2, -0.15) is 57.9 Å². The molecular weight excluding hydrogens is 1760 g/mol. The van der Waals surface area contributed by atoms with E-state index in [2.05, 4.69) is 49.3 Å². The van der Waals surface area contributed by atoms with E-state index in [9.17, 15) is 112 Å². The van der Waals surface area contributed by atoms with E-state index >= 15 is 0 Å². The Labute approximate surface area is 780 Å². The van der Waals surface area contributed by atoms with Crippen LogP contribution < -0.4 is 0 Å². The number of aliphatic hydroxyl groups is 6. The van der Waals surface area contributed by atoms with Gasteiger partial charge in [-0.15, -0.1) is 0 Å². The summed E-state index contributed by atoms with van der Waals surface area (Å²) in [5.41, 5.74) is -9.05. The maximum atomic E-state index is 14.6. The van der Waals surface area contributed by atoms with Gasteiger partial charge in [-0.1, -0.05) is 158 Å². The smallest absolute Gasteiger partial charge is 0.395 e. The third-order valence-corrected chi connectivity index (χ3v) is 30.2. The van der Waals surface area contributed by atoms with Crippen molar-refractivity contribution in [1.29, 1.82) is 5.26 Å². The molecule has 8 aliphatic carbocycles. The van der Waals surface area contributed by atoms with Gasteiger partial charge in [0.25, 0.3) is 23.6 Å². The van der Waals surface area contributed by atoms with Gasteiger partial charge >= 0.3 is 24.7 Å². The number of nitriles is 1. The van der Waals surface area contributed by atoms with E-state index in [0.717, 1.165) is 159 Å². The van der Waals surface area contributed by atoms with E-state index in [0.29, 0.717) is 68.7 Å². The van der Waals surface area contributed by atoms with Crippen molar-refractivity contribution in [3.63, 3.8) is 0 Å². The second-order valence-electron chi connectivity index (χ2n) is 39.3. The standard InChI is InChI=1S/C27H28F4N2O2.C27H33F3N2O2.2C26H30F3NO3/c1-25(35,27(29,30)31)19-8-6-18(7-9-19)24(34)33(20-10-11-20)21-12-14-26(15-13-21,16-17-32)22-4-2-3-5-23(22)28;1-25(34,27(28,29)30)20-11-9-19(10-12-20)24(33)32(22-13-14-22)23-15-17-26(18-16-23,31(2)3)21-7-5-4-6-8-21;2*1-24(33,26(27,28)29)19-9-7-18(8-10-19)23(32)30(21-11-12-21)22-13-15-25(17-31,16-14-22)20-5-3-2-4-6-20/h2-9,20-21,35H,10-16H2,1H3;4-12,22-23,34H,13-18H2,1-3H3;2*2-10,21-22,31,33H,11-17H2,1H3/t21?,25-,26?;23?,25-,26?;2*22?,24-,25?/m0000/s1. The highest BCUT2D eigenvalue weighted by Gasteiger charge is 2.57. The highest BCUT2D eigenvalue weighted by atomic mass is 19.4. The molecule has 135 heavy (non-hydrogen) atoms. The van der Waals surface area contributed by atoms with Crippen LogP contribution in [0.5, 0.6) is 0 Å². The van der Waals surface area contributed by atoms with E-state index in [1.54, 1.807) is 18.2 Å². The number of hydrogen-bond acceptors (Lipinski definition) is 12. The maximum absolute atomic E-state index is 14.6. The van der Waals surface area contributed by atoms with Crippen LogP contribution in [0.15, 0.2) is 212 Å². The molecule has 8 fully saturated rings. The molecule has 8 saturated carbocycles. The van der Waals surface area contributed by atoms with Crippen LogP contribution in [0.25, 0.3) is 0 Å². The molecule has 4 atom stereocenters. The fraction of sp³-hybridized carbons (Fsp3) is 0.500. The van der Waals surface area contributed by atoms with Crippen molar-refractivity contribution in [1.82, 2.24) is 24.5 Å². The van der Waals surface area contributed by atoms with Gasteiger partial charge in [0, 0.05) is 98.8 Å². The van der Waals surface area contributed by atoms with Gasteiger partial charge in [-0.3, -0.25) is 24.1 Å². The van der Waals surface area contributed by atoms with Gasteiger partial charge in [-0.05, 0) is 295 Å². The maximum Gasteiger partial charge on any atom is 0.421 e. The van der Waals surface area contributed by atoms with Crippen LogP contribution in [0, 0.1) is 17.1 Å². The molecule has 0 saturated heterocycles. The zero-order chi connectivity index (χ0) is 97.9. The van der Waals surface area contributed by atoms with Crippen LogP contribution >= 0.6 is 0 Å². The summed E-state index contributed by atoms with van der Waals surface area (Å²) < 4.78 is 172. The lowest BCUT2D eigenvalue weighted by Crippen LogP contribution is -2.50. The molecule has 16 rings (SSSR count). The molecule has 0 bridgehead atoms. The lowest BCUT2D eigenvalue weighted by atomic mass is 9.66. The van der Waals surface area contributed by atoms with Crippen LogP contribution in [-0.2, 0) is 44.2 Å². The number of halogens is 13. The molecular formula is C106H121F13N6O10. The average Bonchev–Trinajstić information content (AvgIpc) is 1.76. The number of alkyl halides is 12. The van der Waals surface area contributed by atoms with E-state index in [1.807, 2.05) is 86.3 Å². The van der Waals surface area contributed by atoms with Gasteiger partial charge in [0.15, 0.2) is 22.4 Å². The van der Waals surface area contributed by atoms with Crippen molar-refractivity contribution >= 4 is 23.6 Å². The first-order chi connectivity index (χ1) is 63.6. The van der Waals surface area contributed by atoms with Crippen LogP contribution in [0.4, 0.5) is 57.1 Å². The van der Waals surface area contributed by atoms with Gasteiger partial charge in [-0.25, -0.2) is 4.39 Å². The van der Waals surface area contributed by atoms with Crippen LogP contribution in [0.3, 0.4) is 0 Å². The monoisotopic (exact) mass is 1880 g/mol. The molecule has 8 aromatic rings. The quantitative estimate of drug-likeness (QED) is 0.0310. The summed E-state index contributed by atoms with van der Waals surface area (Å²) in [6, 6.07) is 60.2. The first-order valence-corrected chi connectivity index (χ1v) is 46.7. The van der Waals surface area contributed by atoms with Gasteiger partial charge in [0.2, 0.25) is 0 Å². The molecule has 726 valence electrons. The molecule has 0 aliphatic heterocycles. The van der Waals surface area contributed by atoms with E-state index in [1.165, 1.54) is 96.6 Å². The summed E-state index contributed by atoms with van der Waals surface area (Å²) in [7, 11) is 4.21. The topological polar surface area (TPSA) is 230 Å². The molecule has 6 N–H and O–H groups in total. The Hall–Kier alpha value is -10.1. The minimum atomic E-state index is -4.84. The molecule has 8 aliphatic rings. The fourth-order valence-electron chi connectivity index (χ4n) is 20.6. The molecule has 0 heterocycles. The predicted molar refractivity (Wildman–Crippen MR) is 485 cm³/mol. The number of amides is 4. The number of carbonyl (C=O) groups excluding carboxylic acids is 4. The van der Waals surface area contributed by atoms with Crippen molar-refractivity contribution in [3.8, 4) is 6.07 Å². The normalized spacial score (nSPS) is 25.0. The Morgan fingerprint density at radius 1 is 0.319 bits per heavy atom. The number of carbonyl (C=O) groups is 4. The molecule has 0 radical (unpaired) electrons. The molecule has 0 aromatic heterocycles. The van der Waals surface area contributed by atoms with E-state index in [-0.39, 0.29) is 142 Å². The average molecular weight is 1890 g/mol. The molecule has 0 spiro atoms. The highest BCUT2D eigenvalue weighted by Crippen LogP contribution is 2.52. The first kappa shape index (κ1) is 102. The van der Waals surface area contributed by atoms with Crippen LogP contribution in [0.1, 0.15) is 274 Å². The SMILES string of the molecule is CN(C)C1(c2ccccc2)CCC(N(C(=O)c2ccc([C@](C)(O)C(F)(F)F)cc2)C2CC2)CC1.C[C@](O)(c1ccc(C(=O)N(C2CC2)C2CCC(CC#N)(c3ccccc3F)CC2)cc1)C(F)(F)F.C[C@](O)(c1ccc(C(=O)N(C2CC2)C2CCC(CO)(c3ccccc3)CC2)cc1)C(F)(F)F.C[C@](O)(c1ccc(C(=O)N(C2CC2)C2CCC(CO)(c3ccccc3)CC2)cc1)C(F)(F)F. The summed E-state index contributed by atoms with van der Waals surface area (Å²) in [5.74, 6) is -1.09. The zero-order valence-corrected chi connectivity index (χ0v) is 76.8. The Morgan fingerprint density at radius 3 is 0.748 bits per heavy atom. The Bertz CT molecular complexity index is 5190. The number of aliphatic hydroxyl groups excluding tert-OH is 2. The van der Waals surface area contributed by atoms with Crippen molar-refractivity contribution in [2.45, 2.75) is 305 Å². The van der Waals surface area contributed by atoms with Crippen molar-refractivity contribution in [3.05, 3.63) is 285 Å². The third-order valence-electron chi connectivity index (χ3n) is 30.2. The zero-order valence-electron chi connectivity index (χ0n) is 76.8. The summed E-state index contributed by atoms with van der Waals surface area (Å²) in [6.07, 6.45) is 0.347. The summed E-state index contributed by atoms with van der Waals surface area (Å²) >= 11 is 0. The fourth-order valence-corrected chi connectivity index (χ4v) is 20.6. The van der Waals surface area contributed by atoms with Crippen molar-refractivity contribution in [2.24, 2.45) is 0 Å². The summed E-state index contributed by atoms with van der Waals surface area (Å²) in [5, 5.41) is 69.4. The highest BCUT2D eigenvalue weighted by molar-refractivity contribution is 5.97. The number of rotatable bonds is 24. The lowest BCUT2D eigenvalue weighted by molar-refractivity contribution is -0.259. The second-order valence-corrected chi connectivity index (χ2v) is 39.3. The molecule has 8 aromatic carbocycles. The lowest BCUT2D eigenvalue weighted by Gasteiger charge is -2.48. The van der Waals surface area contributed by atoms with E-state index in [4.69, 9.17) is 0 Å². The molecule has 29 heteroatoms. The van der Waals surface area contributed by atoms with Crippen molar-refractivity contribution in [2.75, 3.05) is 27.3 Å². The third kappa shape index (κ3) is 22.1. The van der Waals surface area contributed by atoms with Gasteiger partial charge in [0.1, 0.15) is 5.82 Å². The van der Waals surface area contributed by atoms with E-state index < -0.39 is 52.5 Å². The van der Waals surface area contributed by atoms with Gasteiger partial charge in [0.05, 0.1) is 19.3 Å². The molecule has 0 unspecified atom stereocenters. The first-order valence-electron chi connectivity index (χ1n) is 46.7. The number of benzene rings is 8. The number of nitrogens with zero attached hydrogens (tertiary/aromatic N) is 6. The molecule has 4 amide bonds. The summed E-state index contributed by atoms with van der Waals surface area (Å²) in [4.78, 5) is 63.6. The Kier molecular flexibility index (Phi) is 30.7. The Balaban J connectivity index is 0.000000152. The second kappa shape index (κ2) is 40.5. The van der Waals surface area contributed by atoms with Crippen LogP contribution in [-0.4, -0.2) is 179 Å². The minimum absolute atomic E-state index is 0.0337. The predicted octanol–water partition coefficient (Wildman–Crippen LogP) is 21.3. The molecule has 16 nitrogen and oxygen atoms in total. The summed E-state index contributed by atoms with van der Waals surface area (Å²) in [6.45, 7) is 2.95. The number of hydrogen-bond donors (Lipinski definition) is 6. The minimum Gasteiger partial charge on any atom is -0.395 e. The van der Waals surface area contributed by atoms with Gasteiger partial charge < -0.3 is 50.2 Å². The van der Waals surface area contributed by atoms with Crippen LogP contribution in [0.2, 0.25) is 0 Å². The largest absolute Gasteiger partial charge is 0.421 e. The van der Waals surface area contributed by atoms with Crippen molar-refractivity contribution < 1.29 is 107 Å².